The molecule has 0 saturated carbocycles. The smallest absolute Gasteiger partial charge is 0.356 e. The van der Waals surface area contributed by atoms with Crippen molar-refractivity contribution in [2.45, 2.75) is 32.4 Å². The van der Waals surface area contributed by atoms with Crippen molar-refractivity contribution in [3.8, 4) is 0 Å². The van der Waals surface area contributed by atoms with Crippen molar-refractivity contribution in [2.24, 2.45) is 5.92 Å². The normalized spacial score (nSPS) is 15.9. The summed E-state index contributed by atoms with van der Waals surface area (Å²) in [6.07, 6.45) is 2.82. The van der Waals surface area contributed by atoms with Crippen LogP contribution in [-0.2, 0) is 36.8 Å². The fraction of sp³-hybridized carbons (Fsp3) is 0.385. The Labute approximate surface area is 208 Å². The van der Waals surface area contributed by atoms with Crippen LogP contribution in [0, 0.1) is 5.92 Å². The molecule has 1 amide bonds. The van der Waals surface area contributed by atoms with E-state index in [0.29, 0.717) is 55.0 Å². The lowest BCUT2D eigenvalue weighted by molar-refractivity contribution is -0.141. The van der Waals surface area contributed by atoms with Crippen LogP contribution in [0.4, 0.5) is 11.4 Å². The predicted octanol–water partition coefficient (Wildman–Crippen LogP) is 3.01. The first-order valence-corrected chi connectivity index (χ1v) is 11.8. The van der Waals surface area contributed by atoms with Crippen molar-refractivity contribution in [3.05, 3.63) is 53.9 Å². The second kappa shape index (κ2) is 11.2. The van der Waals surface area contributed by atoms with Gasteiger partial charge in [-0.15, -0.1) is 0 Å². The molecular formula is C26H30N4O6. The van der Waals surface area contributed by atoms with Gasteiger partial charge in [0.2, 0.25) is 5.91 Å². The van der Waals surface area contributed by atoms with E-state index >= 15 is 0 Å². The number of carbonyl (C=O) groups is 3. The fourth-order valence-electron chi connectivity index (χ4n) is 4.29. The topological polar surface area (TPSA) is 121 Å². The molecule has 2 aromatic heterocycles. The van der Waals surface area contributed by atoms with Crippen molar-refractivity contribution in [1.82, 2.24) is 9.55 Å². The van der Waals surface area contributed by atoms with Gasteiger partial charge in [0.1, 0.15) is 11.7 Å². The van der Waals surface area contributed by atoms with Crippen LogP contribution in [0.3, 0.4) is 0 Å². The minimum absolute atomic E-state index is 0.210. The van der Waals surface area contributed by atoms with Crippen LogP contribution in [0.1, 0.15) is 29.4 Å². The van der Waals surface area contributed by atoms with Gasteiger partial charge in [0, 0.05) is 18.5 Å². The summed E-state index contributed by atoms with van der Waals surface area (Å²) in [6.45, 7) is 2.95. The minimum atomic E-state index is -0.622. The molecule has 0 spiro atoms. The molecule has 0 unspecified atom stereocenters. The number of benzene rings is 1. The third kappa shape index (κ3) is 5.33. The van der Waals surface area contributed by atoms with Gasteiger partial charge in [-0.1, -0.05) is 30.3 Å². The van der Waals surface area contributed by atoms with Gasteiger partial charge in [0.15, 0.2) is 5.69 Å². The summed E-state index contributed by atoms with van der Waals surface area (Å²) in [7, 11) is 2.62. The Balaban J connectivity index is 1.79. The molecule has 2 atom stereocenters. The molecule has 4 rings (SSSR count). The van der Waals surface area contributed by atoms with Crippen LogP contribution >= 0.6 is 0 Å². The molecule has 3 heterocycles. The molecule has 2 N–H and O–H groups in total. The highest BCUT2D eigenvalue weighted by atomic mass is 16.5. The summed E-state index contributed by atoms with van der Waals surface area (Å²) in [5, 5.41) is 6.55. The van der Waals surface area contributed by atoms with Gasteiger partial charge in [-0.2, -0.15) is 0 Å². The number of rotatable bonds is 9. The molecule has 0 radical (unpaired) electrons. The molecule has 1 aliphatic heterocycles. The number of aryl methyl sites for hydroxylation is 2. The summed E-state index contributed by atoms with van der Waals surface area (Å²) < 4.78 is 17.0. The van der Waals surface area contributed by atoms with E-state index in [1.54, 1.807) is 23.8 Å². The van der Waals surface area contributed by atoms with Crippen LogP contribution in [-0.4, -0.2) is 60.9 Å². The van der Waals surface area contributed by atoms with E-state index in [0.717, 1.165) is 5.56 Å². The molecule has 1 saturated heterocycles. The number of esters is 2. The summed E-state index contributed by atoms with van der Waals surface area (Å²) in [5.41, 5.74) is 2.68. The maximum atomic E-state index is 13.1. The highest BCUT2D eigenvalue weighted by Crippen LogP contribution is 2.34. The van der Waals surface area contributed by atoms with Crippen LogP contribution in [0.2, 0.25) is 0 Å². The van der Waals surface area contributed by atoms with Gasteiger partial charge in [-0.25, -0.2) is 14.6 Å². The third-order valence-corrected chi connectivity index (χ3v) is 6.23. The molecule has 1 fully saturated rings. The van der Waals surface area contributed by atoms with E-state index in [9.17, 15) is 14.4 Å². The van der Waals surface area contributed by atoms with E-state index in [1.807, 2.05) is 30.3 Å². The number of aromatic nitrogens is 2. The number of hydrogen-bond acceptors (Lipinski definition) is 8. The number of pyridine rings is 1. The molecule has 0 bridgehead atoms. The first-order chi connectivity index (χ1) is 17.4. The average Bonchev–Trinajstić information content (AvgIpc) is 3.54. The zero-order valence-electron chi connectivity index (χ0n) is 20.6. The van der Waals surface area contributed by atoms with Crippen molar-refractivity contribution in [1.29, 1.82) is 0 Å². The number of carbonyl (C=O) groups excluding carboxylic acids is 3. The Hall–Kier alpha value is -3.92. The molecule has 0 aliphatic carbocycles. The highest BCUT2D eigenvalue weighted by molar-refractivity contribution is 6.11. The Morgan fingerprint density at radius 3 is 2.64 bits per heavy atom. The molecule has 36 heavy (non-hydrogen) atoms. The maximum Gasteiger partial charge on any atom is 0.356 e. The van der Waals surface area contributed by atoms with Crippen LogP contribution < -0.4 is 10.6 Å². The molecular weight excluding hydrogens is 464 g/mol. The SMILES string of the molecule is COC(=O)c1c(NC(=O)[C@H]2CCOC2)c2cc(N[C@@H](C)C(=O)OC)cnc2n1CCc1ccccc1. The number of ether oxygens (including phenoxy) is 3. The number of amides is 1. The van der Waals surface area contributed by atoms with Gasteiger partial charge < -0.3 is 29.4 Å². The predicted molar refractivity (Wildman–Crippen MR) is 134 cm³/mol. The van der Waals surface area contributed by atoms with Crippen LogP contribution in [0.15, 0.2) is 42.6 Å². The molecule has 1 aliphatic rings. The standard InChI is InChI=1S/C26H30N4O6/c1-16(25(32)34-2)28-19-13-20-21(29-24(31)18-10-12-36-15-18)22(26(33)35-3)30(23(20)27-14-19)11-9-17-7-5-4-6-8-17/h4-8,13-14,16,18,28H,9-12,15H2,1-3H3,(H,29,31)/t16-,18-/m0/s1. The second-order valence-corrected chi connectivity index (χ2v) is 8.64. The number of hydrogen-bond donors (Lipinski definition) is 2. The van der Waals surface area contributed by atoms with Crippen molar-refractivity contribution < 1.29 is 28.6 Å². The highest BCUT2D eigenvalue weighted by Gasteiger charge is 2.30. The average molecular weight is 495 g/mol. The Morgan fingerprint density at radius 2 is 1.97 bits per heavy atom. The van der Waals surface area contributed by atoms with Crippen LogP contribution in [0.5, 0.6) is 0 Å². The van der Waals surface area contributed by atoms with Crippen LogP contribution in [0.25, 0.3) is 11.0 Å². The fourth-order valence-corrected chi connectivity index (χ4v) is 4.29. The van der Waals surface area contributed by atoms with Gasteiger partial charge >= 0.3 is 11.9 Å². The zero-order valence-corrected chi connectivity index (χ0v) is 20.6. The van der Waals surface area contributed by atoms with Gasteiger partial charge in [-0.3, -0.25) is 4.79 Å². The monoisotopic (exact) mass is 494 g/mol. The summed E-state index contributed by atoms with van der Waals surface area (Å²) >= 11 is 0. The lowest BCUT2D eigenvalue weighted by Gasteiger charge is -2.13. The Bertz CT molecular complexity index is 1250. The maximum absolute atomic E-state index is 13.1. The number of nitrogens with zero attached hydrogens (tertiary/aromatic N) is 2. The van der Waals surface area contributed by atoms with E-state index in [1.165, 1.54) is 14.2 Å². The van der Waals surface area contributed by atoms with E-state index in [4.69, 9.17) is 14.2 Å². The Morgan fingerprint density at radius 1 is 1.19 bits per heavy atom. The zero-order chi connectivity index (χ0) is 25.7. The molecule has 3 aromatic rings. The van der Waals surface area contributed by atoms with Gasteiger partial charge in [0.05, 0.1) is 44.3 Å². The lowest BCUT2D eigenvalue weighted by Crippen LogP contribution is -2.27. The van der Waals surface area contributed by atoms with Gasteiger partial charge in [-0.05, 0) is 31.4 Å². The summed E-state index contributed by atoms with van der Waals surface area (Å²) in [4.78, 5) is 42.6. The number of methoxy groups -OCH3 is 2. The van der Waals surface area contributed by atoms with E-state index < -0.39 is 18.0 Å². The largest absolute Gasteiger partial charge is 0.467 e. The number of nitrogens with one attached hydrogen (secondary N) is 2. The first kappa shape index (κ1) is 25.2. The lowest BCUT2D eigenvalue weighted by atomic mass is 10.1. The van der Waals surface area contributed by atoms with Crippen molar-refractivity contribution in [3.63, 3.8) is 0 Å². The molecule has 190 valence electrons. The Kier molecular flexibility index (Phi) is 7.84. The van der Waals surface area contributed by atoms with E-state index in [2.05, 4.69) is 15.6 Å². The minimum Gasteiger partial charge on any atom is -0.467 e. The molecule has 1 aromatic carbocycles. The summed E-state index contributed by atoms with van der Waals surface area (Å²) in [6, 6.07) is 11.0. The van der Waals surface area contributed by atoms with Gasteiger partial charge in [0.25, 0.3) is 0 Å². The van der Waals surface area contributed by atoms with E-state index in [-0.39, 0.29) is 17.5 Å². The number of anilines is 2. The molecule has 10 nitrogen and oxygen atoms in total. The number of fused-ring (bicyclic) bond motifs is 1. The quantitative estimate of drug-likeness (QED) is 0.436. The molecule has 10 heteroatoms. The second-order valence-electron chi connectivity index (χ2n) is 8.64. The van der Waals surface area contributed by atoms with Crippen molar-refractivity contribution >= 4 is 40.3 Å². The first-order valence-electron chi connectivity index (χ1n) is 11.8. The van der Waals surface area contributed by atoms with Crippen molar-refractivity contribution in [2.75, 3.05) is 38.1 Å². The third-order valence-electron chi connectivity index (χ3n) is 6.23. The summed E-state index contributed by atoms with van der Waals surface area (Å²) in [5.74, 6) is -1.56.